The summed E-state index contributed by atoms with van der Waals surface area (Å²) in [6.45, 7) is 5.40. The van der Waals surface area contributed by atoms with Crippen molar-refractivity contribution in [3.8, 4) is 0 Å². The Morgan fingerprint density at radius 1 is 1.24 bits per heavy atom. The van der Waals surface area contributed by atoms with Crippen molar-refractivity contribution in [2.75, 3.05) is 33.7 Å². The molecule has 0 bridgehead atoms. The predicted octanol–water partition coefficient (Wildman–Crippen LogP) is 1.64. The molecule has 21 heavy (non-hydrogen) atoms. The van der Waals surface area contributed by atoms with Crippen molar-refractivity contribution in [2.45, 2.75) is 32.4 Å². The zero-order valence-electron chi connectivity index (χ0n) is 13.4. The maximum Gasteiger partial charge on any atom is 0.236 e. The lowest BCUT2D eigenvalue weighted by Crippen LogP contribution is -2.45. The minimum Gasteiger partial charge on any atom is -0.340 e. The van der Waals surface area contributed by atoms with E-state index in [0.29, 0.717) is 19.1 Å². The van der Waals surface area contributed by atoms with Crippen molar-refractivity contribution in [2.24, 2.45) is 0 Å². The lowest BCUT2D eigenvalue weighted by atomic mass is 10.1. The molecule has 0 unspecified atom stereocenters. The molecular weight excluding hydrogens is 262 g/mol. The Labute approximate surface area is 128 Å². The number of rotatable bonds is 5. The molecule has 1 N–H and O–H groups in total. The molecule has 116 valence electrons. The Balaban J connectivity index is 1.86. The lowest BCUT2D eigenvalue weighted by molar-refractivity contribution is -0.132. The van der Waals surface area contributed by atoms with Crippen molar-refractivity contribution in [3.05, 3.63) is 35.4 Å². The van der Waals surface area contributed by atoms with E-state index in [1.54, 1.807) is 0 Å². The molecular formula is C17H27N3O. The van der Waals surface area contributed by atoms with Crippen molar-refractivity contribution in [3.63, 3.8) is 0 Å². The van der Waals surface area contributed by atoms with E-state index in [1.165, 1.54) is 11.1 Å². The zero-order chi connectivity index (χ0) is 15.2. The van der Waals surface area contributed by atoms with E-state index >= 15 is 0 Å². The van der Waals surface area contributed by atoms with E-state index in [0.717, 1.165) is 25.9 Å². The number of hydrogen-bond donors (Lipinski definition) is 1. The largest absolute Gasteiger partial charge is 0.340 e. The fourth-order valence-corrected chi connectivity index (χ4v) is 2.84. The molecule has 1 aromatic rings. The molecule has 1 aliphatic rings. The first-order valence-electron chi connectivity index (χ1n) is 7.77. The average molecular weight is 289 g/mol. The number of benzene rings is 1. The van der Waals surface area contributed by atoms with Crippen LogP contribution < -0.4 is 5.32 Å². The maximum atomic E-state index is 12.4. The third kappa shape index (κ3) is 4.55. The van der Waals surface area contributed by atoms with E-state index in [9.17, 15) is 4.79 Å². The first-order chi connectivity index (χ1) is 10.1. The van der Waals surface area contributed by atoms with Gasteiger partial charge in [0.25, 0.3) is 0 Å². The summed E-state index contributed by atoms with van der Waals surface area (Å²) in [5.41, 5.74) is 2.46. The smallest absolute Gasteiger partial charge is 0.236 e. The highest BCUT2D eigenvalue weighted by Crippen LogP contribution is 2.12. The first-order valence-corrected chi connectivity index (χ1v) is 7.77. The second kappa shape index (κ2) is 7.57. The van der Waals surface area contributed by atoms with Gasteiger partial charge in [-0.15, -0.1) is 0 Å². The molecule has 1 heterocycles. The molecule has 0 atom stereocenters. The van der Waals surface area contributed by atoms with E-state index < -0.39 is 0 Å². The van der Waals surface area contributed by atoms with Crippen LogP contribution >= 0.6 is 0 Å². The van der Waals surface area contributed by atoms with Gasteiger partial charge in [-0.1, -0.05) is 24.3 Å². The Hall–Kier alpha value is -1.39. The van der Waals surface area contributed by atoms with Crippen molar-refractivity contribution >= 4 is 5.91 Å². The fraction of sp³-hybridized carbons (Fsp3) is 0.588. The molecule has 1 aromatic carbocycles. The van der Waals surface area contributed by atoms with Crippen LogP contribution in [0.2, 0.25) is 0 Å². The highest BCUT2D eigenvalue weighted by Gasteiger charge is 2.21. The van der Waals surface area contributed by atoms with E-state index in [2.05, 4.69) is 36.3 Å². The summed E-state index contributed by atoms with van der Waals surface area (Å²) in [6, 6.07) is 8.78. The maximum absolute atomic E-state index is 12.4. The molecule has 1 saturated heterocycles. The van der Waals surface area contributed by atoms with Crippen LogP contribution in [0.25, 0.3) is 0 Å². The number of carbonyl (C=O) groups is 1. The quantitative estimate of drug-likeness (QED) is 0.895. The van der Waals surface area contributed by atoms with Gasteiger partial charge in [-0.2, -0.15) is 0 Å². The van der Waals surface area contributed by atoms with Crippen LogP contribution in [0.15, 0.2) is 24.3 Å². The Bertz CT molecular complexity index is 469. The number of nitrogens with one attached hydrogen (secondary N) is 1. The van der Waals surface area contributed by atoms with Gasteiger partial charge in [0.05, 0.1) is 6.54 Å². The van der Waals surface area contributed by atoms with Crippen LogP contribution in [0.4, 0.5) is 0 Å². The summed E-state index contributed by atoms with van der Waals surface area (Å²) in [6.07, 6.45) is 2.26. The molecule has 0 saturated carbocycles. The summed E-state index contributed by atoms with van der Waals surface area (Å²) < 4.78 is 0. The van der Waals surface area contributed by atoms with Gasteiger partial charge in [-0.25, -0.2) is 0 Å². The minimum atomic E-state index is 0.194. The van der Waals surface area contributed by atoms with Gasteiger partial charge in [0.2, 0.25) is 5.91 Å². The number of piperidine rings is 1. The van der Waals surface area contributed by atoms with Gasteiger partial charge in [-0.3, -0.25) is 9.69 Å². The van der Waals surface area contributed by atoms with Gasteiger partial charge in [-0.05, 0) is 51.0 Å². The Kier molecular flexibility index (Phi) is 5.76. The molecule has 1 aliphatic heterocycles. The SMILES string of the molecule is Cc1ccccc1CN(C)C(=O)CN(C)C1CCNCC1. The number of aryl methyl sites for hydroxylation is 1. The normalized spacial score (nSPS) is 16.2. The number of nitrogens with zero attached hydrogens (tertiary/aromatic N) is 2. The average Bonchev–Trinajstić information content (AvgIpc) is 2.50. The van der Waals surface area contributed by atoms with Crippen LogP contribution in [0.3, 0.4) is 0 Å². The van der Waals surface area contributed by atoms with Gasteiger partial charge < -0.3 is 10.2 Å². The second-order valence-corrected chi connectivity index (χ2v) is 6.07. The molecule has 4 heteroatoms. The minimum absolute atomic E-state index is 0.194. The monoisotopic (exact) mass is 289 g/mol. The van der Waals surface area contributed by atoms with Crippen LogP contribution in [-0.4, -0.2) is 55.5 Å². The molecule has 1 fully saturated rings. The molecule has 1 amide bonds. The summed E-state index contributed by atoms with van der Waals surface area (Å²) in [7, 11) is 3.96. The highest BCUT2D eigenvalue weighted by molar-refractivity contribution is 5.78. The van der Waals surface area contributed by atoms with Crippen molar-refractivity contribution in [1.82, 2.24) is 15.1 Å². The Morgan fingerprint density at radius 3 is 2.57 bits per heavy atom. The van der Waals surface area contributed by atoms with Crippen molar-refractivity contribution in [1.29, 1.82) is 0 Å². The predicted molar refractivity (Wildman–Crippen MR) is 86.2 cm³/mol. The number of carbonyl (C=O) groups excluding carboxylic acids is 1. The third-order valence-corrected chi connectivity index (χ3v) is 4.41. The summed E-state index contributed by atoms with van der Waals surface area (Å²) in [5, 5.41) is 3.36. The van der Waals surface area contributed by atoms with Gasteiger partial charge in [0.15, 0.2) is 0 Å². The van der Waals surface area contributed by atoms with E-state index in [4.69, 9.17) is 0 Å². The van der Waals surface area contributed by atoms with Gasteiger partial charge in [0, 0.05) is 19.6 Å². The summed E-state index contributed by atoms with van der Waals surface area (Å²) in [4.78, 5) is 16.4. The van der Waals surface area contributed by atoms with Crippen molar-refractivity contribution < 1.29 is 4.79 Å². The highest BCUT2D eigenvalue weighted by atomic mass is 16.2. The molecule has 2 rings (SSSR count). The molecule has 0 radical (unpaired) electrons. The number of likely N-dealkylation sites (N-methyl/N-ethyl adjacent to an activating group) is 2. The van der Waals surface area contributed by atoms with E-state index in [-0.39, 0.29) is 5.91 Å². The Morgan fingerprint density at radius 2 is 1.90 bits per heavy atom. The van der Waals surface area contributed by atoms with E-state index in [1.807, 2.05) is 24.1 Å². The zero-order valence-corrected chi connectivity index (χ0v) is 13.4. The van der Waals surface area contributed by atoms with Crippen LogP contribution in [0.5, 0.6) is 0 Å². The standard InChI is InChI=1S/C17H27N3O/c1-14-6-4-5-7-15(14)12-20(3)17(21)13-19(2)16-8-10-18-11-9-16/h4-7,16,18H,8-13H2,1-3H3. The molecule has 4 nitrogen and oxygen atoms in total. The molecule has 0 spiro atoms. The fourth-order valence-electron chi connectivity index (χ4n) is 2.84. The van der Waals surface area contributed by atoms with Crippen LogP contribution in [0, 0.1) is 6.92 Å². The third-order valence-electron chi connectivity index (χ3n) is 4.41. The summed E-state index contributed by atoms with van der Waals surface area (Å²) in [5.74, 6) is 0.194. The summed E-state index contributed by atoms with van der Waals surface area (Å²) >= 11 is 0. The van der Waals surface area contributed by atoms with Gasteiger partial charge >= 0.3 is 0 Å². The first kappa shape index (κ1) is 16.0. The number of amides is 1. The van der Waals surface area contributed by atoms with Gasteiger partial charge in [0.1, 0.15) is 0 Å². The molecule has 0 aromatic heterocycles. The molecule has 0 aliphatic carbocycles. The lowest BCUT2D eigenvalue weighted by Gasteiger charge is -2.32. The topological polar surface area (TPSA) is 35.6 Å². The number of hydrogen-bond acceptors (Lipinski definition) is 3. The second-order valence-electron chi connectivity index (χ2n) is 6.07. The van der Waals surface area contributed by atoms with Crippen LogP contribution in [0.1, 0.15) is 24.0 Å². The van der Waals surface area contributed by atoms with Crippen LogP contribution in [-0.2, 0) is 11.3 Å².